The molecule has 0 atom stereocenters. The standard InChI is InChI=1S/C20H20N2O7/c1-2-21(11-14-3-5-18-19(9-14)28-8-7-27-18)20(24)13-29-17-6-4-16(22(25)26)10-15(17)12-23/h3-6,9-10,12H,2,7-8,11,13H2,1H3. The molecule has 0 spiro atoms. The molecule has 1 aliphatic rings. The van der Waals surface area contributed by atoms with Crippen LogP contribution in [0.4, 0.5) is 5.69 Å². The van der Waals surface area contributed by atoms with E-state index in [0.29, 0.717) is 44.1 Å². The number of hydrogen-bond acceptors (Lipinski definition) is 7. The lowest BCUT2D eigenvalue weighted by Gasteiger charge is -2.23. The molecular formula is C20H20N2O7. The van der Waals surface area contributed by atoms with E-state index in [1.54, 1.807) is 4.90 Å². The number of aldehydes is 1. The number of non-ortho nitro benzene ring substituents is 1. The largest absolute Gasteiger partial charge is 0.486 e. The molecule has 152 valence electrons. The van der Waals surface area contributed by atoms with Crippen molar-refractivity contribution in [3.05, 3.63) is 57.6 Å². The molecule has 3 rings (SSSR count). The number of carbonyl (C=O) groups is 2. The van der Waals surface area contributed by atoms with Crippen LogP contribution in [0, 0.1) is 10.1 Å². The van der Waals surface area contributed by atoms with Crippen LogP contribution >= 0.6 is 0 Å². The monoisotopic (exact) mass is 400 g/mol. The quantitative estimate of drug-likeness (QED) is 0.381. The van der Waals surface area contributed by atoms with Gasteiger partial charge in [0.05, 0.1) is 10.5 Å². The fourth-order valence-corrected chi connectivity index (χ4v) is 2.89. The molecule has 0 saturated carbocycles. The third-order valence-electron chi connectivity index (χ3n) is 4.40. The summed E-state index contributed by atoms with van der Waals surface area (Å²) in [4.78, 5) is 35.5. The summed E-state index contributed by atoms with van der Waals surface area (Å²) in [6.07, 6.45) is 0.458. The Hall–Kier alpha value is -3.62. The van der Waals surface area contributed by atoms with Gasteiger partial charge in [0.1, 0.15) is 19.0 Å². The summed E-state index contributed by atoms with van der Waals surface area (Å²) in [6, 6.07) is 9.16. The molecular weight excluding hydrogens is 380 g/mol. The predicted octanol–water partition coefficient (Wildman–Crippen LogP) is 2.61. The smallest absolute Gasteiger partial charge is 0.270 e. The van der Waals surface area contributed by atoms with Crippen LogP contribution in [0.5, 0.6) is 17.2 Å². The summed E-state index contributed by atoms with van der Waals surface area (Å²) >= 11 is 0. The molecule has 9 nitrogen and oxygen atoms in total. The summed E-state index contributed by atoms with van der Waals surface area (Å²) in [5, 5.41) is 10.8. The number of ether oxygens (including phenoxy) is 3. The number of carbonyl (C=O) groups excluding carboxylic acids is 2. The molecule has 0 saturated heterocycles. The van der Waals surface area contributed by atoms with Crippen LogP contribution in [0.2, 0.25) is 0 Å². The van der Waals surface area contributed by atoms with E-state index in [0.717, 1.165) is 11.6 Å². The van der Waals surface area contributed by atoms with Crippen molar-refractivity contribution in [2.75, 3.05) is 26.4 Å². The van der Waals surface area contributed by atoms with Crippen LogP contribution < -0.4 is 14.2 Å². The Bertz CT molecular complexity index is 929. The van der Waals surface area contributed by atoms with E-state index in [-0.39, 0.29) is 29.5 Å². The van der Waals surface area contributed by atoms with Gasteiger partial charge in [0, 0.05) is 25.2 Å². The van der Waals surface area contributed by atoms with E-state index in [1.807, 2.05) is 25.1 Å². The Morgan fingerprint density at radius 1 is 1.21 bits per heavy atom. The zero-order valence-corrected chi connectivity index (χ0v) is 15.8. The zero-order valence-electron chi connectivity index (χ0n) is 15.8. The SMILES string of the molecule is CCN(Cc1ccc2c(c1)OCCO2)C(=O)COc1ccc([N+](=O)[O-])cc1C=O. The van der Waals surface area contributed by atoms with Gasteiger partial charge in [0.15, 0.2) is 24.4 Å². The van der Waals surface area contributed by atoms with Crippen molar-refractivity contribution >= 4 is 17.9 Å². The average molecular weight is 400 g/mol. The first-order chi connectivity index (χ1) is 14.0. The van der Waals surface area contributed by atoms with Gasteiger partial charge in [-0.25, -0.2) is 0 Å². The average Bonchev–Trinajstić information content (AvgIpc) is 2.75. The third-order valence-corrected chi connectivity index (χ3v) is 4.40. The van der Waals surface area contributed by atoms with Gasteiger partial charge in [-0.2, -0.15) is 0 Å². The van der Waals surface area contributed by atoms with Gasteiger partial charge >= 0.3 is 0 Å². The lowest BCUT2D eigenvalue weighted by Crippen LogP contribution is -2.34. The first-order valence-electron chi connectivity index (χ1n) is 9.04. The van der Waals surface area contributed by atoms with Crippen LogP contribution in [0.25, 0.3) is 0 Å². The Morgan fingerprint density at radius 2 is 1.97 bits per heavy atom. The van der Waals surface area contributed by atoms with Crippen LogP contribution in [0.3, 0.4) is 0 Å². The van der Waals surface area contributed by atoms with Crippen molar-refractivity contribution in [2.45, 2.75) is 13.5 Å². The van der Waals surface area contributed by atoms with Gasteiger partial charge in [0.2, 0.25) is 0 Å². The maximum absolute atomic E-state index is 12.6. The molecule has 0 aromatic heterocycles. The summed E-state index contributed by atoms with van der Waals surface area (Å²) < 4.78 is 16.5. The van der Waals surface area contributed by atoms with Gasteiger partial charge in [-0.15, -0.1) is 0 Å². The molecule has 0 aliphatic carbocycles. The highest BCUT2D eigenvalue weighted by Gasteiger charge is 2.18. The Labute approximate surface area is 166 Å². The Morgan fingerprint density at radius 3 is 2.66 bits per heavy atom. The minimum atomic E-state index is -0.603. The molecule has 0 fully saturated rings. The van der Waals surface area contributed by atoms with Gasteiger partial charge in [-0.05, 0) is 30.7 Å². The van der Waals surface area contributed by atoms with E-state index in [4.69, 9.17) is 14.2 Å². The highest BCUT2D eigenvalue weighted by molar-refractivity contribution is 5.82. The third kappa shape index (κ3) is 4.81. The van der Waals surface area contributed by atoms with Gasteiger partial charge in [0.25, 0.3) is 11.6 Å². The zero-order chi connectivity index (χ0) is 20.8. The number of nitrogens with zero attached hydrogens (tertiary/aromatic N) is 2. The van der Waals surface area contributed by atoms with Crippen LogP contribution in [-0.2, 0) is 11.3 Å². The van der Waals surface area contributed by atoms with Gasteiger partial charge in [-0.1, -0.05) is 6.07 Å². The minimum absolute atomic E-state index is 0.0156. The maximum atomic E-state index is 12.6. The molecule has 1 aliphatic heterocycles. The number of fused-ring (bicyclic) bond motifs is 1. The summed E-state index contributed by atoms with van der Waals surface area (Å²) in [5.41, 5.74) is 0.676. The number of nitro benzene ring substituents is 1. The normalized spacial score (nSPS) is 12.2. The van der Waals surface area contributed by atoms with Crippen molar-refractivity contribution in [1.82, 2.24) is 4.90 Å². The van der Waals surface area contributed by atoms with E-state index in [9.17, 15) is 19.7 Å². The minimum Gasteiger partial charge on any atom is -0.486 e. The highest BCUT2D eigenvalue weighted by Crippen LogP contribution is 2.31. The highest BCUT2D eigenvalue weighted by atomic mass is 16.6. The van der Waals surface area contributed by atoms with Gasteiger partial charge in [-0.3, -0.25) is 19.7 Å². The second-order valence-electron chi connectivity index (χ2n) is 6.27. The van der Waals surface area contributed by atoms with E-state index in [1.165, 1.54) is 12.1 Å². The molecule has 9 heteroatoms. The second-order valence-corrected chi connectivity index (χ2v) is 6.27. The Kier molecular flexibility index (Phi) is 6.28. The Balaban J connectivity index is 1.64. The van der Waals surface area contributed by atoms with Crippen LogP contribution in [0.1, 0.15) is 22.8 Å². The molecule has 1 heterocycles. The predicted molar refractivity (Wildman–Crippen MR) is 103 cm³/mol. The van der Waals surface area contributed by atoms with Crippen molar-refractivity contribution in [1.29, 1.82) is 0 Å². The van der Waals surface area contributed by atoms with Crippen molar-refractivity contribution < 1.29 is 28.7 Å². The molecule has 0 radical (unpaired) electrons. The van der Waals surface area contributed by atoms with Crippen molar-refractivity contribution in [3.63, 3.8) is 0 Å². The number of nitro groups is 1. The molecule has 0 bridgehead atoms. The molecule has 0 N–H and O–H groups in total. The summed E-state index contributed by atoms with van der Waals surface area (Å²) in [7, 11) is 0. The number of rotatable bonds is 8. The lowest BCUT2D eigenvalue weighted by atomic mass is 10.1. The summed E-state index contributed by atoms with van der Waals surface area (Å²) in [6.45, 7) is 3.35. The molecule has 2 aromatic carbocycles. The van der Waals surface area contributed by atoms with Crippen molar-refractivity contribution in [3.8, 4) is 17.2 Å². The van der Waals surface area contributed by atoms with E-state index in [2.05, 4.69) is 0 Å². The second kappa shape index (κ2) is 9.05. The number of hydrogen-bond donors (Lipinski definition) is 0. The first kappa shape index (κ1) is 20.1. The topological polar surface area (TPSA) is 108 Å². The fraction of sp³-hybridized carbons (Fsp3) is 0.300. The number of likely N-dealkylation sites (N-methyl/N-ethyl adjacent to an activating group) is 1. The van der Waals surface area contributed by atoms with Crippen LogP contribution in [0.15, 0.2) is 36.4 Å². The fourth-order valence-electron chi connectivity index (χ4n) is 2.89. The van der Waals surface area contributed by atoms with Crippen LogP contribution in [-0.4, -0.2) is 48.4 Å². The molecule has 29 heavy (non-hydrogen) atoms. The summed E-state index contributed by atoms with van der Waals surface area (Å²) in [5.74, 6) is 1.17. The van der Waals surface area contributed by atoms with Crippen molar-refractivity contribution in [2.24, 2.45) is 0 Å². The molecule has 0 unspecified atom stereocenters. The number of amides is 1. The van der Waals surface area contributed by atoms with E-state index >= 15 is 0 Å². The lowest BCUT2D eigenvalue weighted by molar-refractivity contribution is -0.384. The first-order valence-corrected chi connectivity index (χ1v) is 9.04. The molecule has 1 amide bonds. The van der Waals surface area contributed by atoms with E-state index < -0.39 is 4.92 Å². The maximum Gasteiger partial charge on any atom is 0.270 e. The molecule has 2 aromatic rings. The van der Waals surface area contributed by atoms with Gasteiger partial charge < -0.3 is 19.1 Å². The number of benzene rings is 2.